The van der Waals surface area contributed by atoms with Gasteiger partial charge in [0.1, 0.15) is 5.76 Å². The molecule has 0 N–H and O–H groups in total. The zero-order valence-corrected chi connectivity index (χ0v) is 8.82. The smallest absolute Gasteiger partial charge is 0.140 e. The maximum Gasteiger partial charge on any atom is 0.140 e. The molecule has 14 heavy (non-hydrogen) atoms. The summed E-state index contributed by atoms with van der Waals surface area (Å²) < 4.78 is 10.7. The van der Waals surface area contributed by atoms with Crippen LogP contribution in [0.2, 0.25) is 0 Å². The molecule has 0 aromatic carbocycles. The first-order valence-electron chi connectivity index (χ1n) is 5.31. The Bertz CT molecular complexity index is 287. The molecular weight excluding hydrogens is 178 g/mol. The largest absolute Gasteiger partial charge is 0.381 e. The molecule has 3 nitrogen and oxygen atoms in total. The number of nitrogens with zero attached hydrogens (tertiary/aromatic N) is 1. The fourth-order valence-electron chi connectivity index (χ4n) is 1.75. The van der Waals surface area contributed by atoms with Crippen molar-refractivity contribution in [3.8, 4) is 0 Å². The second kappa shape index (κ2) is 4.13. The van der Waals surface area contributed by atoms with Gasteiger partial charge < -0.3 is 9.26 Å². The molecule has 0 bridgehead atoms. The Balaban J connectivity index is 2.07. The van der Waals surface area contributed by atoms with Gasteiger partial charge in [0.25, 0.3) is 0 Å². The number of hydrogen-bond donors (Lipinski definition) is 0. The van der Waals surface area contributed by atoms with Crippen molar-refractivity contribution >= 4 is 0 Å². The Morgan fingerprint density at radius 2 is 2.07 bits per heavy atom. The minimum absolute atomic E-state index is 0.451. The van der Waals surface area contributed by atoms with Crippen molar-refractivity contribution in [1.82, 2.24) is 5.16 Å². The van der Waals surface area contributed by atoms with Crippen LogP contribution >= 0.6 is 0 Å². The predicted octanol–water partition coefficient (Wildman–Crippen LogP) is 2.69. The maximum atomic E-state index is 5.36. The fraction of sp³-hybridized carbons (Fsp3) is 0.727. The van der Waals surface area contributed by atoms with Gasteiger partial charge in [-0.05, 0) is 18.8 Å². The van der Waals surface area contributed by atoms with Gasteiger partial charge in [-0.3, -0.25) is 0 Å². The van der Waals surface area contributed by atoms with E-state index in [4.69, 9.17) is 9.26 Å². The molecule has 3 heteroatoms. The molecule has 1 saturated heterocycles. The second-order valence-corrected chi connectivity index (χ2v) is 4.20. The highest BCUT2D eigenvalue weighted by Crippen LogP contribution is 2.28. The van der Waals surface area contributed by atoms with E-state index < -0.39 is 0 Å². The van der Waals surface area contributed by atoms with Gasteiger partial charge in [-0.25, -0.2) is 0 Å². The van der Waals surface area contributed by atoms with Gasteiger partial charge in [-0.15, -0.1) is 0 Å². The average molecular weight is 195 g/mol. The summed E-state index contributed by atoms with van der Waals surface area (Å²) in [5, 5.41) is 4.08. The molecule has 0 spiro atoms. The van der Waals surface area contributed by atoms with Gasteiger partial charge in [-0.1, -0.05) is 19.0 Å². The van der Waals surface area contributed by atoms with Crippen LogP contribution in [0.5, 0.6) is 0 Å². The summed E-state index contributed by atoms with van der Waals surface area (Å²) in [6.07, 6.45) is 2.12. The van der Waals surface area contributed by atoms with E-state index in [9.17, 15) is 0 Å². The first-order chi connectivity index (χ1) is 6.77. The molecule has 78 valence electrons. The molecule has 1 fully saturated rings. The summed E-state index contributed by atoms with van der Waals surface area (Å²) in [5.41, 5.74) is 1.06. The Kier molecular flexibility index (Phi) is 2.87. The Hall–Kier alpha value is -0.830. The minimum atomic E-state index is 0.451. The number of ether oxygens (including phenoxy) is 1. The summed E-state index contributed by atoms with van der Waals surface area (Å²) >= 11 is 0. The van der Waals surface area contributed by atoms with Crippen LogP contribution < -0.4 is 0 Å². The summed E-state index contributed by atoms with van der Waals surface area (Å²) in [6, 6.07) is 2.10. The lowest BCUT2D eigenvalue weighted by Crippen LogP contribution is -2.13. The third-order valence-electron chi connectivity index (χ3n) is 2.76. The van der Waals surface area contributed by atoms with E-state index in [0.29, 0.717) is 11.8 Å². The minimum Gasteiger partial charge on any atom is -0.381 e. The van der Waals surface area contributed by atoms with Gasteiger partial charge in [-0.2, -0.15) is 0 Å². The summed E-state index contributed by atoms with van der Waals surface area (Å²) in [4.78, 5) is 0. The van der Waals surface area contributed by atoms with E-state index in [-0.39, 0.29) is 0 Å². The first-order valence-corrected chi connectivity index (χ1v) is 5.31. The SMILES string of the molecule is CC(C)c1cc(C2CCOCC2)on1. The molecular formula is C11H17NO2. The van der Waals surface area contributed by atoms with Crippen molar-refractivity contribution in [3.63, 3.8) is 0 Å². The molecule has 0 aliphatic carbocycles. The Labute approximate surface area is 84.4 Å². The number of hydrogen-bond acceptors (Lipinski definition) is 3. The van der Waals surface area contributed by atoms with Gasteiger partial charge in [0.2, 0.25) is 0 Å². The Morgan fingerprint density at radius 3 is 2.64 bits per heavy atom. The predicted molar refractivity (Wildman–Crippen MR) is 53.4 cm³/mol. The lowest BCUT2D eigenvalue weighted by atomic mass is 9.96. The van der Waals surface area contributed by atoms with Crippen LogP contribution in [0.25, 0.3) is 0 Å². The zero-order chi connectivity index (χ0) is 9.97. The van der Waals surface area contributed by atoms with Crippen LogP contribution in [-0.2, 0) is 4.74 Å². The molecule has 1 aliphatic heterocycles. The molecule has 0 radical (unpaired) electrons. The van der Waals surface area contributed by atoms with Crippen molar-refractivity contribution in [1.29, 1.82) is 0 Å². The lowest BCUT2D eigenvalue weighted by Gasteiger charge is -2.18. The van der Waals surface area contributed by atoms with Gasteiger partial charge in [0.05, 0.1) is 5.69 Å². The van der Waals surface area contributed by atoms with E-state index in [1.54, 1.807) is 0 Å². The molecule has 1 aromatic heterocycles. The average Bonchev–Trinajstić information content (AvgIpc) is 2.68. The number of rotatable bonds is 2. The molecule has 0 saturated carbocycles. The van der Waals surface area contributed by atoms with Crippen LogP contribution in [0.3, 0.4) is 0 Å². The summed E-state index contributed by atoms with van der Waals surface area (Å²) in [7, 11) is 0. The molecule has 0 amide bonds. The van der Waals surface area contributed by atoms with Crippen molar-refractivity contribution < 1.29 is 9.26 Å². The van der Waals surface area contributed by atoms with E-state index >= 15 is 0 Å². The standard InChI is InChI=1S/C11H17NO2/c1-8(2)10-7-11(14-12-10)9-3-5-13-6-4-9/h7-9H,3-6H2,1-2H3. The van der Waals surface area contributed by atoms with E-state index in [0.717, 1.165) is 37.5 Å². The van der Waals surface area contributed by atoms with E-state index in [1.165, 1.54) is 0 Å². The summed E-state index contributed by atoms with van der Waals surface area (Å²) in [5.74, 6) is 2.01. The van der Waals surface area contributed by atoms with Crippen molar-refractivity contribution in [2.75, 3.05) is 13.2 Å². The van der Waals surface area contributed by atoms with E-state index in [1.807, 2.05) is 0 Å². The monoisotopic (exact) mass is 195 g/mol. The topological polar surface area (TPSA) is 35.3 Å². The third-order valence-corrected chi connectivity index (χ3v) is 2.76. The molecule has 2 heterocycles. The van der Waals surface area contributed by atoms with Crippen LogP contribution in [-0.4, -0.2) is 18.4 Å². The van der Waals surface area contributed by atoms with Crippen molar-refractivity contribution in [2.24, 2.45) is 0 Å². The van der Waals surface area contributed by atoms with Crippen LogP contribution in [0.1, 0.15) is 50.0 Å². The lowest BCUT2D eigenvalue weighted by molar-refractivity contribution is 0.0791. The van der Waals surface area contributed by atoms with Gasteiger partial charge in [0, 0.05) is 25.2 Å². The van der Waals surface area contributed by atoms with Crippen LogP contribution in [0, 0.1) is 0 Å². The molecule has 2 rings (SSSR count). The molecule has 1 aliphatic rings. The normalized spacial score (nSPS) is 19.1. The maximum absolute atomic E-state index is 5.36. The van der Waals surface area contributed by atoms with Crippen LogP contribution in [0.4, 0.5) is 0 Å². The first kappa shape index (κ1) is 9.71. The quantitative estimate of drug-likeness (QED) is 0.727. The number of aromatic nitrogens is 1. The van der Waals surface area contributed by atoms with E-state index in [2.05, 4.69) is 25.1 Å². The molecule has 0 unspecified atom stereocenters. The highest BCUT2D eigenvalue weighted by atomic mass is 16.5. The van der Waals surface area contributed by atoms with Crippen molar-refractivity contribution in [2.45, 2.75) is 38.5 Å². The molecule has 0 atom stereocenters. The fourth-order valence-corrected chi connectivity index (χ4v) is 1.75. The zero-order valence-electron chi connectivity index (χ0n) is 8.82. The summed E-state index contributed by atoms with van der Waals surface area (Å²) in [6.45, 7) is 5.96. The Morgan fingerprint density at radius 1 is 1.36 bits per heavy atom. The van der Waals surface area contributed by atoms with Crippen LogP contribution in [0.15, 0.2) is 10.6 Å². The van der Waals surface area contributed by atoms with Gasteiger partial charge in [0.15, 0.2) is 0 Å². The highest BCUT2D eigenvalue weighted by molar-refractivity contribution is 5.13. The second-order valence-electron chi connectivity index (χ2n) is 4.20. The highest BCUT2D eigenvalue weighted by Gasteiger charge is 2.20. The van der Waals surface area contributed by atoms with Gasteiger partial charge >= 0.3 is 0 Å². The van der Waals surface area contributed by atoms with Crippen molar-refractivity contribution in [3.05, 3.63) is 17.5 Å². The third kappa shape index (κ3) is 1.98. The molecule has 1 aromatic rings.